The van der Waals surface area contributed by atoms with Crippen molar-refractivity contribution in [1.29, 1.82) is 0 Å². The number of imide groups is 1. The van der Waals surface area contributed by atoms with Crippen LogP contribution in [0.2, 0.25) is 0 Å². The number of rotatable bonds is 5. The fraction of sp³-hybridized carbons (Fsp3) is 0.235. The predicted molar refractivity (Wildman–Crippen MR) is 152 cm³/mol. The molecule has 0 radical (unpaired) electrons. The standard InChI is InChI=1S/C34H29NO5/c1-4-7-20-8-6-9-23(32(20)38)28-22-14-15-24-29(25(22)17-26-30(28)27(36)16-18(3)31(26)37)34(40)35(33(24)39)21-12-10-19(5-2)11-13-21/h4-6,8-14,16,24-25,28-29,38H,1-2,7,15,17H2,3H3/t24-,25+,28+,29-/m0/s1. The normalized spacial score (nSPS) is 25.7. The number of nitrogens with zero attached hydrogens (tertiary/aromatic N) is 1. The van der Waals surface area contributed by atoms with Crippen molar-refractivity contribution in [2.24, 2.45) is 17.8 Å². The van der Waals surface area contributed by atoms with Gasteiger partial charge in [0.25, 0.3) is 0 Å². The number of hydrogen-bond donors (Lipinski definition) is 1. The third-order valence-electron chi connectivity index (χ3n) is 8.78. The first-order chi connectivity index (χ1) is 19.3. The molecule has 1 aliphatic heterocycles. The largest absolute Gasteiger partial charge is 0.507 e. The average Bonchev–Trinajstić information content (AvgIpc) is 3.21. The molecule has 0 unspecified atom stereocenters. The van der Waals surface area contributed by atoms with E-state index in [4.69, 9.17) is 0 Å². The van der Waals surface area contributed by atoms with E-state index in [9.17, 15) is 24.3 Å². The Hall–Kier alpha value is -4.58. The van der Waals surface area contributed by atoms with Gasteiger partial charge in [0.15, 0.2) is 11.6 Å². The fourth-order valence-corrected chi connectivity index (χ4v) is 6.92. The number of hydrogen-bond acceptors (Lipinski definition) is 5. The number of carbonyl (C=O) groups is 4. The van der Waals surface area contributed by atoms with Gasteiger partial charge in [-0.1, -0.05) is 60.7 Å². The van der Waals surface area contributed by atoms with Crippen molar-refractivity contribution in [3.63, 3.8) is 0 Å². The van der Waals surface area contributed by atoms with Crippen LogP contribution in [0.25, 0.3) is 6.08 Å². The molecule has 1 N–H and O–H groups in total. The predicted octanol–water partition coefficient (Wildman–Crippen LogP) is 5.40. The number of ketones is 2. The Morgan fingerprint density at radius 1 is 1.00 bits per heavy atom. The molecule has 1 saturated heterocycles. The number of benzene rings is 2. The Labute approximate surface area is 232 Å². The first kappa shape index (κ1) is 25.7. The van der Waals surface area contributed by atoms with Gasteiger partial charge in [-0.05, 0) is 61.4 Å². The molecule has 1 heterocycles. The van der Waals surface area contributed by atoms with Gasteiger partial charge in [-0.15, -0.1) is 6.58 Å². The number of fused-ring (bicyclic) bond motifs is 3. The summed E-state index contributed by atoms with van der Waals surface area (Å²) in [6.45, 7) is 9.16. The maximum Gasteiger partial charge on any atom is 0.238 e. The van der Waals surface area contributed by atoms with Crippen molar-refractivity contribution < 1.29 is 24.3 Å². The molecule has 4 atom stereocenters. The molecule has 6 nitrogen and oxygen atoms in total. The molecule has 0 spiro atoms. The molecule has 1 fully saturated rings. The van der Waals surface area contributed by atoms with Gasteiger partial charge in [0.1, 0.15) is 5.75 Å². The second-order valence-electron chi connectivity index (χ2n) is 10.9. The Morgan fingerprint density at radius 2 is 1.75 bits per heavy atom. The van der Waals surface area contributed by atoms with E-state index >= 15 is 0 Å². The van der Waals surface area contributed by atoms with Crippen molar-refractivity contribution in [2.45, 2.75) is 32.1 Å². The number of phenols is 1. The number of phenolic OH excluding ortho intramolecular Hbond substituents is 1. The van der Waals surface area contributed by atoms with Gasteiger partial charge in [0, 0.05) is 28.2 Å². The molecule has 0 saturated carbocycles. The molecule has 3 aliphatic carbocycles. The number of anilines is 1. The number of aromatic hydroxyl groups is 1. The number of carbonyl (C=O) groups excluding carboxylic acids is 4. The summed E-state index contributed by atoms with van der Waals surface area (Å²) in [5, 5.41) is 11.3. The number of allylic oxidation sites excluding steroid dienone is 7. The van der Waals surface area contributed by atoms with E-state index < -0.39 is 23.7 Å². The van der Waals surface area contributed by atoms with Crippen LogP contribution in [0, 0.1) is 17.8 Å². The summed E-state index contributed by atoms with van der Waals surface area (Å²) in [5.41, 5.74) is 4.45. The summed E-state index contributed by atoms with van der Waals surface area (Å²) >= 11 is 0. The second-order valence-corrected chi connectivity index (χ2v) is 10.9. The van der Waals surface area contributed by atoms with Gasteiger partial charge < -0.3 is 5.11 Å². The fourth-order valence-electron chi connectivity index (χ4n) is 6.92. The van der Waals surface area contributed by atoms with Crippen LogP contribution in [0.4, 0.5) is 5.69 Å². The van der Waals surface area contributed by atoms with E-state index in [-0.39, 0.29) is 35.6 Å². The zero-order valence-corrected chi connectivity index (χ0v) is 22.2. The van der Waals surface area contributed by atoms with E-state index in [1.807, 2.05) is 24.3 Å². The van der Waals surface area contributed by atoms with E-state index in [1.165, 1.54) is 11.0 Å². The highest BCUT2D eigenvalue weighted by molar-refractivity contribution is 6.25. The van der Waals surface area contributed by atoms with Crippen molar-refractivity contribution in [3.05, 3.63) is 113 Å². The molecule has 2 aromatic rings. The highest BCUT2D eigenvalue weighted by Crippen LogP contribution is 2.56. The molecule has 6 heteroatoms. The molecule has 0 aromatic heterocycles. The van der Waals surface area contributed by atoms with Gasteiger partial charge in [-0.3, -0.25) is 24.1 Å². The van der Waals surface area contributed by atoms with Gasteiger partial charge in [0.2, 0.25) is 11.8 Å². The van der Waals surface area contributed by atoms with Crippen LogP contribution in [0.15, 0.2) is 96.1 Å². The van der Waals surface area contributed by atoms with Crippen LogP contribution in [0.3, 0.4) is 0 Å². The maximum absolute atomic E-state index is 14.0. The van der Waals surface area contributed by atoms with Gasteiger partial charge in [-0.25, -0.2) is 0 Å². The molecule has 6 rings (SSSR count). The van der Waals surface area contributed by atoms with Gasteiger partial charge in [-0.2, -0.15) is 0 Å². The lowest BCUT2D eigenvalue weighted by Gasteiger charge is -2.42. The summed E-state index contributed by atoms with van der Waals surface area (Å²) in [4.78, 5) is 55.8. The monoisotopic (exact) mass is 531 g/mol. The van der Waals surface area contributed by atoms with Crippen LogP contribution >= 0.6 is 0 Å². The Kier molecular flexibility index (Phi) is 6.14. The lowest BCUT2D eigenvalue weighted by atomic mass is 9.59. The number of Topliss-reactive ketones (excluding diaryl/α,β-unsaturated/α-hetero) is 1. The minimum atomic E-state index is -0.691. The van der Waals surface area contributed by atoms with Crippen LogP contribution < -0.4 is 4.90 Å². The zero-order valence-electron chi connectivity index (χ0n) is 22.2. The van der Waals surface area contributed by atoms with Crippen LogP contribution in [0.1, 0.15) is 42.4 Å². The minimum Gasteiger partial charge on any atom is -0.507 e. The highest BCUT2D eigenvalue weighted by Gasteiger charge is 2.56. The summed E-state index contributed by atoms with van der Waals surface area (Å²) in [7, 11) is 0. The van der Waals surface area contributed by atoms with Crippen molar-refractivity contribution in [3.8, 4) is 5.75 Å². The minimum absolute atomic E-state index is 0.0483. The van der Waals surface area contributed by atoms with Crippen LogP contribution in [0.5, 0.6) is 5.75 Å². The van der Waals surface area contributed by atoms with E-state index in [1.54, 1.807) is 43.3 Å². The molecule has 2 aromatic carbocycles. The molecule has 0 bridgehead atoms. The van der Waals surface area contributed by atoms with Crippen molar-refractivity contribution >= 4 is 35.1 Å². The number of amides is 2. The zero-order chi connectivity index (χ0) is 28.3. The molecule has 2 amide bonds. The molecule has 200 valence electrons. The molecular weight excluding hydrogens is 502 g/mol. The van der Waals surface area contributed by atoms with Crippen LogP contribution in [-0.2, 0) is 25.6 Å². The Morgan fingerprint density at radius 3 is 2.45 bits per heavy atom. The Balaban J connectivity index is 1.49. The summed E-state index contributed by atoms with van der Waals surface area (Å²) in [6, 6.07) is 12.5. The van der Waals surface area contributed by atoms with E-state index in [2.05, 4.69) is 13.2 Å². The van der Waals surface area contributed by atoms with E-state index in [0.29, 0.717) is 46.4 Å². The topological polar surface area (TPSA) is 91.8 Å². The van der Waals surface area contributed by atoms with Crippen molar-refractivity contribution in [2.75, 3.05) is 4.90 Å². The average molecular weight is 532 g/mol. The quantitative estimate of drug-likeness (QED) is 0.317. The molecular formula is C34H29NO5. The third kappa shape index (κ3) is 3.70. The second kappa shape index (κ2) is 9.56. The first-order valence-electron chi connectivity index (χ1n) is 13.5. The SMILES string of the molecule is C=CCc1cccc([C@H]2C3=CC[C@@H]4C(=O)N(c5ccc(C=C)cc5)C(=O)[C@@H]4[C@@H]3CC3=C2C(=O)C=C(C)C3=O)c1O. The molecule has 4 aliphatic rings. The Bertz CT molecular complexity index is 1620. The van der Waals surface area contributed by atoms with Gasteiger partial charge >= 0.3 is 0 Å². The lowest BCUT2D eigenvalue weighted by molar-refractivity contribution is -0.123. The lowest BCUT2D eigenvalue weighted by Crippen LogP contribution is -2.39. The highest BCUT2D eigenvalue weighted by atomic mass is 16.3. The third-order valence-corrected chi connectivity index (χ3v) is 8.78. The maximum atomic E-state index is 14.0. The number of para-hydroxylation sites is 1. The smallest absolute Gasteiger partial charge is 0.238 e. The summed E-state index contributed by atoms with van der Waals surface area (Å²) < 4.78 is 0. The summed E-state index contributed by atoms with van der Waals surface area (Å²) in [5.74, 6) is -3.37. The van der Waals surface area contributed by atoms with Crippen molar-refractivity contribution in [1.82, 2.24) is 0 Å². The van der Waals surface area contributed by atoms with Crippen LogP contribution in [-0.4, -0.2) is 28.5 Å². The van der Waals surface area contributed by atoms with Gasteiger partial charge in [0.05, 0.1) is 17.5 Å². The first-order valence-corrected chi connectivity index (χ1v) is 13.5. The van der Waals surface area contributed by atoms with E-state index in [0.717, 1.165) is 11.1 Å². The molecule has 40 heavy (non-hydrogen) atoms. The summed E-state index contributed by atoms with van der Waals surface area (Å²) in [6.07, 6.45) is 7.68.